The predicted octanol–water partition coefficient (Wildman–Crippen LogP) is 4.09. The van der Waals surface area contributed by atoms with E-state index < -0.39 is 0 Å². The van der Waals surface area contributed by atoms with Crippen LogP contribution in [0.15, 0.2) is 40.8 Å². The quantitative estimate of drug-likeness (QED) is 0.915. The van der Waals surface area contributed by atoms with Crippen LogP contribution < -0.4 is 0 Å². The summed E-state index contributed by atoms with van der Waals surface area (Å²) in [5.41, 5.74) is 2.36. The first-order valence-electron chi connectivity index (χ1n) is 8.99. The number of aliphatic hydroxyl groups is 1. The molecule has 4 nitrogen and oxygen atoms in total. The van der Waals surface area contributed by atoms with Crippen molar-refractivity contribution in [3.8, 4) is 11.3 Å². The number of nitrogens with zero attached hydrogens (tertiary/aromatic N) is 1. The van der Waals surface area contributed by atoms with Crippen LogP contribution in [0.1, 0.15) is 49.7 Å². The SMILES string of the molecule is CC(C)(C)c1ccc(-c2ccc(C(=O)N3CCC(CO)CC3)o2)cc1. The van der Waals surface area contributed by atoms with E-state index in [0.717, 1.165) is 18.4 Å². The Balaban J connectivity index is 1.71. The van der Waals surface area contributed by atoms with Gasteiger partial charge < -0.3 is 14.4 Å². The fourth-order valence-corrected chi connectivity index (χ4v) is 3.22. The molecule has 0 spiro atoms. The van der Waals surface area contributed by atoms with E-state index in [0.29, 0.717) is 30.5 Å². The summed E-state index contributed by atoms with van der Waals surface area (Å²) in [6.07, 6.45) is 1.70. The van der Waals surface area contributed by atoms with Crippen LogP contribution in [0.5, 0.6) is 0 Å². The van der Waals surface area contributed by atoms with Gasteiger partial charge in [-0.05, 0) is 41.9 Å². The smallest absolute Gasteiger partial charge is 0.289 e. The zero-order valence-electron chi connectivity index (χ0n) is 15.3. The average Bonchev–Trinajstić information content (AvgIpc) is 3.10. The zero-order valence-corrected chi connectivity index (χ0v) is 15.3. The number of hydrogen-bond donors (Lipinski definition) is 1. The van der Waals surface area contributed by atoms with E-state index in [9.17, 15) is 9.90 Å². The molecule has 4 heteroatoms. The number of carbonyl (C=O) groups is 1. The van der Waals surface area contributed by atoms with Crippen LogP contribution in [0.25, 0.3) is 11.3 Å². The van der Waals surface area contributed by atoms with E-state index in [4.69, 9.17) is 4.42 Å². The van der Waals surface area contributed by atoms with Gasteiger partial charge in [0.1, 0.15) is 5.76 Å². The maximum absolute atomic E-state index is 12.6. The number of carbonyl (C=O) groups excluding carboxylic acids is 1. The number of amides is 1. The summed E-state index contributed by atoms with van der Waals surface area (Å²) in [4.78, 5) is 14.4. The van der Waals surface area contributed by atoms with Crippen molar-refractivity contribution in [3.05, 3.63) is 47.7 Å². The Bertz CT molecular complexity index is 716. The lowest BCUT2D eigenvalue weighted by Crippen LogP contribution is -2.39. The van der Waals surface area contributed by atoms with Gasteiger partial charge in [-0.1, -0.05) is 45.0 Å². The van der Waals surface area contributed by atoms with Gasteiger partial charge in [0.25, 0.3) is 5.91 Å². The summed E-state index contributed by atoms with van der Waals surface area (Å²) < 4.78 is 5.82. The summed E-state index contributed by atoms with van der Waals surface area (Å²) in [6.45, 7) is 8.13. The number of piperidine rings is 1. The average molecular weight is 341 g/mol. The highest BCUT2D eigenvalue weighted by Gasteiger charge is 2.25. The van der Waals surface area contributed by atoms with Gasteiger partial charge in [0.15, 0.2) is 5.76 Å². The molecule has 1 aliphatic rings. The highest BCUT2D eigenvalue weighted by atomic mass is 16.4. The second-order valence-corrected chi connectivity index (χ2v) is 7.91. The Hall–Kier alpha value is -2.07. The second kappa shape index (κ2) is 7.04. The molecular weight excluding hydrogens is 314 g/mol. The van der Waals surface area contributed by atoms with Crippen molar-refractivity contribution in [2.45, 2.75) is 39.0 Å². The lowest BCUT2D eigenvalue weighted by Gasteiger charge is -2.30. The number of benzene rings is 1. The summed E-state index contributed by atoms with van der Waals surface area (Å²) >= 11 is 0. The van der Waals surface area contributed by atoms with E-state index in [1.807, 2.05) is 23.1 Å². The van der Waals surface area contributed by atoms with Crippen LogP contribution in [0, 0.1) is 5.92 Å². The first-order valence-corrected chi connectivity index (χ1v) is 8.99. The van der Waals surface area contributed by atoms with Gasteiger partial charge in [0.05, 0.1) is 0 Å². The van der Waals surface area contributed by atoms with Gasteiger partial charge in [0.2, 0.25) is 0 Å². The van der Waals surface area contributed by atoms with Crippen molar-refractivity contribution in [1.82, 2.24) is 4.90 Å². The minimum Gasteiger partial charge on any atom is -0.451 e. The number of furan rings is 1. The molecule has 2 aromatic rings. The van der Waals surface area contributed by atoms with E-state index in [-0.39, 0.29) is 17.9 Å². The van der Waals surface area contributed by atoms with Crippen molar-refractivity contribution >= 4 is 5.91 Å². The van der Waals surface area contributed by atoms with Crippen molar-refractivity contribution in [3.63, 3.8) is 0 Å². The molecule has 1 fully saturated rings. The maximum Gasteiger partial charge on any atom is 0.289 e. The molecule has 1 aromatic heterocycles. The van der Waals surface area contributed by atoms with E-state index in [1.54, 1.807) is 6.07 Å². The molecule has 1 saturated heterocycles. The largest absolute Gasteiger partial charge is 0.451 e. The Labute approximate surface area is 149 Å². The van der Waals surface area contributed by atoms with Crippen LogP contribution in [-0.2, 0) is 5.41 Å². The highest BCUT2D eigenvalue weighted by molar-refractivity contribution is 5.92. The molecule has 2 heterocycles. The van der Waals surface area contributed by atoms with Crippen LogP contribution >= 0.6 is 0 Å². The van der Waals surface area contributed by atoms with Crippen molar-refractivity contribution in [1.29, 1.82) is 0 Å². The third kappa shape index (κ3) is 3.96. The van der Waals surface area contributed by atoms with Crippen LogP contribution in [0.2, 0.25) is 0 Å². The topological polar surface area (TPSA) is 53.7 Å². The maximum atomic E-state index is 12.6. The lowest BCUT2D eigenvalue weighted by molar-refractivity contribution is 0.0621. The standard InChI is InChI=1S/C21H27NO3/c1-21(2,3)17-6-4-16(5-7-17)18-8-9-19(25-18)20(24)22-12-10-15(14-23)11-13-22/h4-9,15,23H,10-14H2,1-3H3. The van der Waals surface area contributed by atoms with Gasteiger partial charge in [-0.3, -0.25) is 4.79 Å². The van der Waals surface area contributed by atoms with Gasteiger partial charge >= 0.3 is 0 Å². The number of aliphatic hydroxyl groups excluding tert-OH is 1. The van der Waals surface area contributed by atoms with E-state index >= 15 is 0 Å². The molecule has 0 atom stereocenters. The molecule has 1 amide bonds. The summed E-state index contributed by atoms with van der Waals surface area (Å²) in [6, 6.07) is 11.9. The number of hydrogen-bond acceptors (Lipinski definition) is 3. The molecular formula is C21H27NO3. The third-order valence-electron chi connectivity index (χ3n) is 5.01. The Morgan fingerprint density at radius 1 is 1.12 bits per heavy atom. The molecule has 3 rings (SSSR count). The zero-order chi connectivity index (χ0) is 18.0. The fourth-order valence-electron chi connectivity index (χ4n) is 3.22. The number of likely N-dealkylation sites (tertiary alicyclic amines) is 1. The molecule has 134 valence electrons. The van der Waals surface area contributed by atoms with Gasteiger partial charge in [-0.25, -0.2) is 0 Å². The van der Waals surface area contributed by atoms with Crippen LogP contribution in [0.4, 0.5) is 0 Å². The Kier molecular flexibility index (Phi) is 5.00. The molecule has 25 heavy (non-hydrogen) atoms. The Morgan fingerprint density at radius 2 is 1.76 bits per heavy atom. The summed E-state index contributed by atoms with van der Waals surface area (Å²) in [5, 5.41) is 9.21. The van der Waals surface area contributed by atoms with Crippen molar-refractivity contribution in [2.24, 2.45) is 5.92 Å². The normalized spacial score (nSPS) is 16.2. The monoisotopic (exact) mass is 341 g/mol. The summed E-state index contributed by atoms with van der Waals surface area (Å²) in [7, 11) is 0. The minimum atomic E-state index is -0.0612. The molecule has 0 aliphatic carbocycles. The fraction of sp³-hybridized carbons (Fsp3) is 0.476. The molecule has 0 bridgehead atoms. The van der Waals surface area contributed by atoms with Crippen molar-refractivity contribution in [2.75, 3.05) is 19.7 Å². The first-order chi connectivity index (χ1) is 11.9. The molecule has 0 radical (unpaired) electrons. The van der Waals surface area contributed by atoms with Crippen LogP contribution in [-0.4, -0.2) is 35.6 Å². The third-order valence-corrected chi connectivity index (χ3v) is 5.01. The lowest BCUT2D eigenvalue weighted by atomic mass is 9.86. The Morgan fingerprint density at radius 3 is 2.32 bits per heavy atom. The highest BCUT2D eigenvalue weighted by Crippen LogP contribution is 2.28. The molecule has 0 unspecified atom stereocenters. The second-order valence-electron chi connectivity index (χ2n) is 7.91. The molecule has 1 aliphatic heterocycles. The van der Waals surface area contributed by atoms with Crippen LogP contribution in [0.3, 0.4) is 0 Å². The first kappa shape index (κ1) is 17.7. The predicted molar refractivity (Wildman–Crippen MR) is 98.6 cm³/mol. The van der Waals surface area contributed by atoms with Gasteiger partial charge in [0, 0.05) is 25.3 Å². The van der Waals surface area contributed by atoms with Crippen molar-refractivity contribution < 1.29 is 14.3 Å². The minimum absolute atomic E-state index is 0.0612. The van der Waals surface area contributed by atoms with E-state index in [2.05, 4.69) is 32.9 Å². The number of rotatable bonds is 3. The molecule has 1 aromatic carbocycles. The molecule has 1 N–H and O–H groups in total. The van der Waals surface area contributed by atoms with Gasteiger partial charge in [-0.15, -0.1) is 0 Å². The molecule has 0 saturated carbocycles. The summed E-state index contributed by atoms with van der Waals surface area (Å²) in [5.74, 6) is 1.36. The van der Waals surface area contributed by atoms with Gasteiger partial charge in [-0.2, -0.15) is 0 Å². The van der Waals surface area contributed by atoms with E-state index in [1.165, 1.54) is 5.56 Å².